The lowest BCUT2D eigenvalue weighted by Crippen LogP contribution is -2.43. The van der Waals surface area contributed by atoms with Crippen molar-refractivity contribution in [2.45, 2.75) is 18.8 Å². The first-order valence-electron chi connectivity index (χ1n) is 7.80. The predicted octanol–water partition coefficient (Wildman–Crippen LogP) is 1.03. The van der Waals surface area contributed by atoms with Gasteiger partial charge in [-0.05, 0) is 18.9 Å². The Kier molecular flexibility index (Phi) is 3.48. The van der Waals surface area contributed by atoms with Crippen molar-refractivity contribution in [3.8, 4) is 0 Å². The highest BCUT2D eigenvalue weighted by molar-refractivity contribution is 5.56. The molecule has 2 fully saturated rings. The molecule has 2 saturated heterocycles. The molecule has 6 heteroatoms. The molecule has 0 spiro atoms. The molecule has 1 unspecified atom stereocenters. The average molecular weight is 287 g/mol. The topological polar surface area (TPSA) is 54.7 Å². The lowest BCUT2D eigenvalue weighted by molar-refractivity contribution is 0.0781. The summed E-state index contributed by atoms with van der Waals surface area (Å²) in [6.07, 6.45) is 4.25. The zero-order chi connectivity index (χ0) is 14.1. The first-order valence-corrected chi connectivity index (χ1v) is 7.80. The van der Waals surface area contributed by atoms with Gasteiger partial charge in [-0.2, -0.15) is 5.10 Å². The third-order valence-corrected chi connectivity index (χ3v) is 4.35. The van der Waals surface area contributed by atoms with Crippen LogP contribution >= 0.6 is 0 Å². The van der Waals surface area contributed by atoms with Crippen molar-refractivity contribution in [1.29, 1.82) is 0 Å². The maximum Gasteiger partial charge on any atom is 0.157 e. The summed E-state index contributed by atoms with van der Waals surface area (Å²) in [5.74, 6) is 1.27. The Labute approximate surface area is 124 Å². The second-order valence-electron chi connectivity index (χ2n) is 5.81. The minimum atomic E-state index is 0.348. The molecule has 0 bridgehead atoms. The number of nitrogens with one attached hydrogen (secondary N) is 1. The summed E-state index contributed by atoms with van der Waals surface area (Å²) in [4.78, 5) is 7.12. The van der Waals surface area contributed by atoms with Crippen LogP contribution in [0.4, 0.5) is 5.69 Å². The van der Waals surface area contributed by atoms with Crippen molar-refractivity contribution < 1.29 is 4.74 Å². The highest BCUT2D eigenvalue weighted by Crippen LogP contribution is 2.24. The van der Waals surface area contributed by atoms with Crippen molar-refractivity contribution in [2.24, 2.45) is 0 Å². The Bertz CT molecular complexity index is 598. The highest BCUT2D eigenvalue weighted by Gasteiger charge is 2.21. The normalized spacial score (nSPS) is 23.6. The number of anilines is 1. The first-order chi connectivity index (χ1) is 10.4. The van der Waals surface area contributed by atoms with Crippen LogP contribution < -0.4 is 10.2 Å². The number of ether oxygens (including phenoxy) is 1. The first kappa shape index (κ1) is 13.0. The van der Waals surface area contributed by atoms with E-state index in [0.29, 0.717) is 5.92 Å². The number of aromatic nitrogens is 3. The molecule has 6 nitrogen and oxygen atoms in total. The average Bonchev–Trinajstić information content (AvgIpc) is 2.99. The Morgan fingerprint density at radius 1 is 1.29 bits per heavy atom. The summed E-state index contributed by atoms with van der Waals surface area (Å²) < 4.78 is 7.43. The van der Waals surface area contributed by atoms with Gasteiger partial charge in [-0.15, -0.1) is 0 Å². The zero-order valence-corrected chi connectivity index (χ0v) is 12.2. The smallest absolute Gasteiger partial charge is 0.157 e. The molecule has 2 aliphatic heterocycles. The molecule has 1 atom stereocenters. The van der Waals surface area contributed by atoms with Crippen molar-refractivity contribution in [1.82, 2.24) is 19.9 Å². The van der Waals surface area contributed by atoms with E-state index in [1.165, 1.54) is 5.69 Å². The molecule has 112 valence electrons. The second-order valence-corrected chi connectivity index (χ2v) is 5.81. The van der Waals surface area contributed by atoms with Gasteiger partial charge < -0.3 is 15.0 Å². The summed E-state index contributed by atoms with van der Waals surface area (Å²) >= 11 is 0. The second kappa shape index (κ2) is 5.61. The fourth-order valence-electron chi connectivity index (χ4n) is 3.13. The van der Waals surface area contributed by atoms with E-state index in [4.69, 9.17) is 9.72 Å². The number of nitrogens with zero attached hydrogens (tertiary/aromatic N) is 4. The van der Waals surface area contributed by atoms with E-state index in [2.05, 4.69) is 27.4 Å². The quantitative estimate of drug-likeness (QED) is 0.894. The lowest BCUT2D eigenvalue weighted by Gasteiger charge is -2.29. The van der Waals surface area contributed by atoms with Crippen LogP contribution in [-0.4, -0.2) is 54.0 Å². The van der Waals surface area contributed by atoms with Gasteiger partial charge >= 0.3 is 0 Å². The number of hydrogen-bond acceptors (Lipinski definition) is 5. The van der Waals surface area contributed by atoms with Crippen LogP contribution in [0, 0.1) is 0 Å². The monoisotopic (exact) mass is 287 g/mol. The summed E-state index contributed by atoms with van der Waals surface area (Å²) in [5, 5.41) is 8.00. The molecule has 0 radical (unpaired) electrons. The molecule has 0 amide bonds. The molecule has 1 N–H and O–H groups in total. The number of rotatable bonds is 2. The van der Waals surface area contributed by atoms with E-state index < -0.39 is 0 Å². The minimum absolute atomic E-state index is 0.348. The molecular weight excluding hydrogens is 266 g/mol. The van der Waals surface area contributed by atoms with Crippen molar-refractivity contribution in [2.75, 3.05) is 44.3 Å². The molecule has 2 aliphatic rings. The number of hydrogen-bond donors (Lipinski definition) is 1. The molecule has 4 heterocycles. The third kappa shape index (κ3) is 2.61. The fourth-order valence-corrected chi connectivity index (χ4v) is 3.13. The number of piperazine rings is 1. The van der Waals surface area contributed by atoms with E-state index in [-0.39, 0.29) is 0 Å². The molecule has 21 heavy (non-hydrogen) atoms. The van der Waals surface area contributed by atoms with Crippen LogP contribution in [0.25, 0.3) is 5.65 Å². The SMILES string of the molecule is c1cn2nc(C3CCCOC3)nc2cc1N1CCNCC1. The van der Waals surface area contributed by atoms with Gasteiger partial charge in [0.2, 0.25) is 0 Å². The highest BCUT2D eigenvalue weighted by atomic mass is 16.5. The van der Waals surface area contributed by atoms with Gasteiger partial charge in [0, 0.05) is 56.7 Å². The molecule has 0 aliphatic carbocycles. The Hall–Kier alpha value is -1.66. The summed E-state index contributed by atoms with van der Waals surface area (Å²) in [7, 11) is 0. The van der Waals surface area contributed by atoms with Gasteiger partial charge in [0.1, 0.15) is 0 Å². The summed E-state index contributed by atoms with van der Waals surface area (Å²) in [6, 6.07) is 4.28. The molecular formula is C15H21N5O. The van der Waals surface area contributed by atoms with E-state index in [1.54, 1.807) is 0 Å². The van der Waals surface area contributed by atoms with Gasteiger partial charge in [0.05, 0.1) is 6.61 Å². The Morgan fingerprint density at radius 3 is 3.00 bits per heavy atom. The molecule has 2 aromatic rings. The van der Waals surface area contributed by atoms with Gasteiger partial charge in [-0.1, -0.05) is 0 Å². The van der Waals surface area contributed by atoms with Gasteiger partial charge in [0.15, 0.2) is 11.5 Å². The fraction of sp³-hybridized carbons (Fsp3) is 0.600. The third-order valence-electron chi connectivity index (χ3n) is 4.35. The minimum Gasteiger partial charge on any atom is -0.381 e. The maximum atomic E-state index is 5.55. The molecule has 0 saturated carbocycles. The van der Waals surface area contributed by atoms with E-state index in [9.17, 15) is 0 Å². The van der Waals surface area contributed by atoms with Crippen molar-refractivity contribution in [3.05, 3.63) is 24.2 Å². The van der Waals surface area contributed by atoms with E-state index in [0.717, 1.165) is 63.7 Å². The van der Waals surface area contributed by atoms with Crippen LogP contribution in [0.1, 0.15) is 24.6 Å². The largest absolute Gasteiger partial charge is 0.381 e. The Balaban J connectivity index is 1.61. The van der Waals surface area contributed by atoms with Crippen LogP contribution in [-0.2, 0) is 4.74 Å². The van der Waals surface area contributed by atoms with Gasteiger partial charge in [-0.3, -0.25) is 0 Å². The molecule has 0 aromatic carbocycles. The van der Waals surface area contributed by atoms with Crippen molar-refractivity contribution in [3.63, 3.8) is 0 Å². The number of pyridine rings is 1. The Morgan fingerprint density at radius 2 is 2.19 bits per heavy atom. The predicted molar refractivity (Wildman–Crippen MR) is 80.9 cm³/mol. The van der Waals surface area contributed by atoms with Crippen LogP contribution in [0.2, 0.25) is 0 Å². The van der Waals surface area contributed by atoms with Crippen molar-refractivity contribution >= 4 is 11.3 Å². The maximum absolute atomic E-state index is 5.55. The molecule has 4 rings (SSSR count). The van der Waals surface area contributed by atoms with E-state index >= 15 is 0 Å². The summed E-state index contributed by atoms with van der Waals surface area (Å²) in [6.45, 7) is 5.81. The van der Waals surface area contributed by atoms with Crippen LogP contribution in [0.15, 0.2) is 18.3 Å². The summed E-state index contributed by atoms with van der Waals surface area (Å²) in [5.41, 5.74) is 2.18. The standard InChI is InChI=1S/C15H21N5O/c1-2-12(11-21-9-1)15-17-14-10-13(3-6-20(14)18-15)19-7-4-16-5-8-19/h3,6,10,12,16H,1-2,4-5,7-9,11H2. The van der Waals surface area contributed by atoms with Crippen LogP contribution in [0.3, 0.4) is 0 Å². The number of fused-ring (bicyclic) bond motifs is 1. The molecule has 2 aromatic heterocycles. The zero-order valence-electron chi connectivity index (χ0n) is 12.2. The van der Waals surface area contributed by atoms with Gasteiger partial charge in [-0.25, -0.2) is 9.50 Å². The van der Waals surface area contributed by atoms with Crippen LogP contribution in [0.5, 0.6) is 0 Å². The van der Waals surface area contributed by atoms with E-state index in [1.807, 2.05) is 10.7 Å². The lowest BCUT2D eigenvalue weighted by atomic mass is 10.0. The van der Waals surface area contributed by atoms with Gasteiger partial charge in [0.25, 0.3) is 0 Å².